The van der Waals surface area contributed by atoms with Gasteiger partial charge in [0.05, 0.1) is 154 Å². The van der Waals surface area contributed by atoms with E-state index in [4.69, 9.17) is 83.6 Å². The van der Waals surface area contributed by atoms with Crippen LogP contribution in [0.15, 0.2) is 297 Å². The van der Waals surface area contributed by atoms with E-state index in [9.17, 15) is 48.9 Å². The minimum atomic E-state index is -5.08. The number of aryl methyl sites for hydroxylation is 7. The summed E-state index contributed by atoms with van der Waals surface area (Å²) >= 11 is 33.7. The van der Waals surface area contributed by atoms with Crippen LogP contribution in [-0.2, 0) is 50.9 Å². The number of benzene rings is 7. The molecule has 0 saturated heterocycles. The highest BCUT2D eigenvalue weighted by Crippen LogP contribution is 2.38. The summed E-state index contributed by atoms with van der Waals surface area (Å²) in [6, 6.07) is 80.8. The van der Waals surface area contributed by atoms with Gasteiger partial charge in [-0.1, -0.05) is 201 Å². The first kappa shape index (κ1) is 108. The van der Waals surface area contributed by atoms with E-state index in [2.05, 4.69) is 81.2 Å². The van der Waals surface area contributed by atoms with Gasteiger partial charge in [0.1, 0.15) is 45.3 Å². The van der Waals surface area contributed by atoms with Crippen molar-refractivity contribution in [1.29, 1.82) is 5.26 Å². The maximum atomic E-state index is 10.6. The smallest absolute Gasteiger partial charge is 0.490 e. The molecule has 14 heterocycles. The van der Waals surface area contributed by atoms with Crippen molar-refractivity contribution >= 4 is 119 Å². The second-order valence-electron chi connectivity index (χ2n) is 34.0. The van der Waals surface area contributed by atoms with Crippen molar-refractivity contribution in [2.45, 2.75) is 113 Å². The number of aliphatic hydroxyl groups excluding tert-OH is 7. The molecule has 21 aromatic rings. The van der Waals surface area contributed by atoms with Crippen LogP contribution in [0.1, 0.15) is 104 Å². The van der Waals surface area contributed by atoms with Crippen molar-refractivity contribution in [3.05, 3.63) is 406 Å². The maximum absolute atomic E-state index is 10.6. The number of aliphatic hydroxyl groups is 7. The number of hydrogen-bond donors (Lipinski definition) is 9. The minimum Gasteiger partial charge on any atom is -0.497 e. The van der Waals surface area contributed by atoms with Gasteiger partial charge in [-0.3, -0.25) is 0 Å². The zero-order chi connectivity index (χ0) is 105. The molecule has 0 bridgehead atoms. The third kappa shape index (κ3) is 25.8. The molecule has 0 fully saturated rings. The highest BCUT2D eigenvalue weighted by atomic mass is 79.9. The van der Waals surface area contributed by atoms with Gasteiger partial charge in [-0.15, -0.1) is 0 Å². The van der Waals surface area contributed by atoms with Gasteiger partial charge in [-0.2, -0.15) is 18.4 Å². The van der Waals surface area contributed by atoms with Crippen molar-refractivity contribution in [3.8, 4) is 90.6 Å². The Morgan fingerprint density at radius 3 is 1.15 bits per heavy atom. The number of carbonyl (C=O) groups is 1. The average Bonchev–Trinajstić information content (AvgIpc) is 1.66. The number of carboxylic acids is 1. The fraction of sp³-hybridized carbons (Fsp3) is 0.170. The third-order valence-electron chi connectivity index (χ3n) is 23.4. The lowest BCUT2D eigenvalue weighted by Gasteiger charge is -2.08. The van der Waals surface area contributed by atoms with Crippen molar-refractivity contribution in [1.82, 2.24) is 65.7 Å². The van der Waals surface area contributed by atoms with Crippen LogP contribution in [0.5, 0.6) is 5.75 Å². The van der Waals surface area contributed by atoms with Crippen molar-refractivity contribution < 1.29 is 63.6 Å². The van der Waals surface area contributed by atoms with Crippen LogP contribution >= 0.6 is 73.9 Å². The van der Waals surface area contributed by atoms with Gasteiger partial charge in [0, 0.05) is 108 Å². The van der Waals surface area contributed by atoms with Crippen LogP contribution in [0.3, 0.4) is 0 Å². The number of halogens is 9. The number of imidazole rings is 7. The van der Waals surface area contributed by atoms with E-state index in [1.165, 1.54) is 5.56 Å². The fourth-order valence-electron chi connectivity index (χ4n) is 16.3. The minimum absolute atomic E-state index is 0.0329. The first-order chi connectivity index (χ1) is 70.7. The predicted octanol–water partition coefficient (Wildman–Crippen LogP) is 24.3. The van der Waals surface area contributed by atoms with E-state index in [0.29, 0.717) is 48.6 Å². The van der Waals surface area contributed by atoms with Gasteiger partial charge in [0.2, 0.25) is 0 Å². The number of nitrogens with two attached hydrogens (primary N) is 1. The molecule has 147 heavy (non-hydrogen) atoms. The molecule has 752 valence electrons. The van der Waals surface area contributed by atoms with Crippen LogP contribution in [-0.4, -0.2) is 132 Å². The number of rotatable bonds is 18. The van der Waals surface area contributed by atoms with Gasteiger partial charge in [0.15, 0.2) is 0 Å². The number of carboxylic acid groups (broad SMARTS) is 1. The predicted molar refractivity (Wildman–Crippen MR) is 574 cm³/mol. The molecular formula is C112H101BrCl5F3N16O10. The Bertz CT molecular complexity index is 8290. The molecule has 0 aliphatic carbocycles. The number of pyridine rings is 7. The monoisotopic (exact) mass is 2140 g/mol. The number of alkyl halides is 3. The Balaban J connectivity index is 0.000000134. The number of nitrogens with zero attached hydrogens (tertiary/aromatic N) is 15. The summed E-state index contributed by atoms with van der Waals surface area (Å²) in [5.74, 6) is -1.98. The molecule has 0 aliphatic rings. The normalized spacial score (nSPS) is 11.3. The molecule has 10 N–H and O–H groups in total. The molecule has 0 saturated carbocycles. The molecular weight excluding hydrogens is 2040 g/mol. The molecule has 26 nitrogen and oxygen atoms in total. The molecule has 0 amide bonds. The summed E-state index contributed by atoms with van der Waals surface area (Å²) in [6.07, 6.45) is 9.98. The SMILES string of the molecule is COc1cccc(-c2nc3ccc(C)cn3c2CO)c1.Cc1ccc2nc(-c3ccc(C#N)cc3)c(CO)n2c1.Cc1ccc2nc(-c3ccc(CCCN)cc3)c(CO)n2c1.Cc1ccc2nc(-c3ccc(Cl)cc3)c(C(C)O)n2c1.Cc1ccc2nc(-c3ccc(Cl)cc3Cl)c(CO)n2c1.Cc1ccc2nc(-c3ccccc3Cl)c(CO)n2c1.O=C(O)C(F)(F)F.OCc1c(-c2ccc(Br)cc2)nc2cc(Cl)ccn12. The molecule has 0 radical (unpaired) electrons. The Labute approximate surface area is 876 Å². The lowest BCUT2D eigenvalue weighted by molar-refractivity contribution is -0.192. The van der Waals surface area contributed by atoms with E-state index in [1.807, 2.05) is 304 Å². The first-order valence-electron chi connectivity index (χ1n) is 46.0. The molecule has 1 unspecified atom stereocenters. The molecule has 1 atom stereocenters. The highest BCUT2D eigenvalue weighted by Gasteiger charge is 2.38. The number of fused-ring (bicyclic) bond motifs is 7. The number of aromatic nitrogens is 14. The Kier molecular flexibility index (Phi) is 36.2. The average molecular weight is 2150 g/mol. The van der Waals surface area contributed by atoms with Gasteiger partial charge < -0.3 is 82.1 Å². The lowest BCUT2D eigenvalue weighted by Crippen LogP contribution is -2.21. The summed E-state index contributed by atoms with van der Waals surface area (Å²) < 4.78 is 51.4. The lowest BCUT2D eigenvalue weighted by atomic mass is 10.0. The standard InChI is InChI=1S/C18H21N3O.C16H15ClN2O.C16H13N3O.C16H16N2O2.C15H12Cl2N2O.C15H13ClN2O.C14H10BrClN2O.C2HF3O2/c1-13-4-9-17-20-18(16(12-22)21(17)11-13)15-7-5-14(6-8-15)3-2-10-19;1-10-3-8-14-18-15(12-4-6-13(17)7-5-12)16(11(2)20)19(14)9-10;1-11-2-7-15-18-16(14(10-20)19(15)9-11)13-5-3-12(8-17)4-6-13;1-11-6-7-15-17-16(14(10-19)18(15)9-11)12-4-3-5-13(8-12)20-2;1-9-2-5-14-18-15(13(8-20)19(14)7-9)11-4-3-10(16)6-12(11)17;1-10-6-7-14-17-15(13(9-19)18(14)8-10)11-4-2-3-5-12(11)16;15-10-3-1-9(2-4-10)14-12(8-19)18-6-5-11(16)7-13(18)17-14;3-2(4,5)1(6)7/h4-9,11,22H,2-3,10,12,19H2,1H3;3-9,11,20H,1-2H3;2-7,9,20H,10H2,1H3;3-9,19H,10H2,1-2H3;2-7,20H,8H2,1H3;2-8,19H,9H2,1H3;1-7,19H,8H2;(H,6,7). The molecule has 14 aromatic heterocycles. The zero-order valence-electron chi connectivity index (χ0n) is 80.7. The summed E-state index contributed by atoms with van der Waals surface area (Å²) in [5, 5.41) is 87.1. The van der Waals surface area contributed by atoms with Crippen LogP contribution in [0, 0.1) is 52.9 Å². The van der Waals surface area contributed by atoms with Gasteiger partial charge >= 0.3 is 12.1 Å². The molecule has 0 aliphatic heterocycles. The quantitative estimate of drug-likeness (QED) is 0.0385. The molecule has 21 rings (SSSR count). The zero-order valence-corrected chi connectivity index (χ0v) is 86.1. The Morgan fingerprint density at radius 1 is 0.401 bits per heavy atom. The van der Waals surface area contributed by atoms with E-state index in [0.717, 1.165) is 203 Å². The van der Waals surface area contributed by atoms with Crippen LogP contribution in [0.4, 0.5) is 13.2 Å². The highest BCUT2D eigenvalue weighted by molar-refractivity contribution is 9.10. The van der Waals surface area contributed by atoms with E-state index in [1.54, 1.807) is 50.4 Å². The largest absolute Gasteiger partial charge is 0.497 e. The molecule has 35 heteroatoms. The van der Waals surface area contributed by atoms with Crippen LogP contribution < -0.4 is 10.5 Å². The second kappa shape index (κ2) is 49.2. The first-order valence-corrected chi connectivity index (χ1v) is 48.7. The van der Waals surface area contributed by atoms with Gasteiger partial charge in [0.25, 0.3) is 0 Å². The Morgan fingerprint density at radius 2 is 0.748 bits per heavy atom. The summed E-state index contributed by atoms with van der Waals surface area (Å²) in [4.78, 5) is 41.1. The topological polar surface area (TPSA) is 359 Å². The third-order valence-corrected chi connectivity index (χ3v) is 25.3. The van der Waals surface area contributed by atoms with Crippen LogP contribution in [0.25, 0.3) is 118 Å². The molecule has 0 spiro atoms. The van der Waals surface area contributed by atoms with Gasteiger partial charge in [-0.25, -0.2) is 39.7 Å². The number of nitriles is 1. The number of methoxy groups -OCH3 is 1. The fourth-order valence-corrected chi connectivity index (χ4v) is 17.5. The van der Waals surface area contributed by atoms with Crippen LogP contribution in [0.2, 0.25) is 25.1 Å². The number of ether oxygens (including phenoxy) is 1. The number of aliphatic carboxylic acids is 1. The van der Waals surface area contributed by atoms with Crippen molar-refractivity contribution in [2.75, 3.05) is 13.7 Å². The van der Waals surface area contributed by atoms with E-state index >= 15 is 0 Å². The summed E-state index contributed by atoms with van der Waals surface area (Å²) in [5.41, 5.74) is 37.0. The summed E-state index contributed by atoms with van der Waals surface area (Å²) in [7, 11) is 1.64. The van der Waals surface area contributed by atoms with Crippen molar-refractivity contribution in [2.24, 2.45) is 5.73 Å². The second-order valence-corrected chi connectivity index (χ2v) is 37.1. The maximum Gasteiger partial charge on any atom is 0.490 e. The summed E-state index contributed by atoms with van der Waals surface area (Å²) in [6.45, 7) is 14.1. The van der Waals surface area contributed by atoms with E-state index < -0.39 is 18.2 Å². The van der Waals surface area contributed by atoms with E-state index in [-0.39, 0.29) is 39.6 Å². The van der Waals surface area contributed by atoms with Gasteiger partial charge in [-0.05, 0) is 222 Å². The Hall–Kier alpha value is -14.5. The molecule has 7 aromatic carbocycles. The number of hydrogen-bond acceptors (Lipinski definition) is 18. The van der Waals surface area contributed by atoms with Crippen molar-refractivity contribution in [3.63, 3.8) is 0 Å².